The zero-order chi connectivity index (χ0) is 13.8. The quantitative estimate of drug-likeness (QED) is 0.652. The molecule has 0 spiro atoms. The van der Waals surface area contributed by atoms with Crippen molar-refractivity contribution < 1.29 is 19.5 Å². The smallest absolute Gasteiger partial charge is 0.328 e. The summed E-state index contributed by atoms with van der Waals surface area (Å²) < 4.78 is 0. The van der Waals surface area contributed by atoms with Gasteiger partial charge in [0.2, 0.25) is 11.8 Å². The van der Waals surface area contributed by atoms with Gasteiger partial charge < -0.3 is 5.11 Å². The SMILES string of the molecule is O=C(O)/C=C/c1ccnc(N2C(=O)CCCC2=O)c1. The summed E-state index contributed by atoms with van der Waals surface area (Å²) in [5.74, 6) is -1.38. The topological polar surface area (TPSA) is 87.6 Å². The first-order valence-electron chi connectivity index (χ1n) is 5.81. The maximum Gasteiger partial charge on any atom is 0.328 e. The lowest BCUT2D eigenvalue weighted by Gasteiger charge is -2.23. The summed E-state index contributed by atoms with van der Waals surface area (Å²) >= 11 is 0. The highest BCUT2D eigenvalue weighted by Gasteiger charge is 2.28. The minimum absolute atomic E-state index is 0.238. The maximum absolute atomic E-state index is 11.7. The Labute approximate surface area is 109 Å². The second-order valence-corrected chi connectivity index (χ2v) is 4.10. The highest BCUT2D eigenvalue weighted by Crippen LogP contribution is 2.21. The van der Waals surface area contributed by atoms with Gasteiger partial charge in [-0.15, -0.1) is 0 Å². The summed E-state index contributed by atoms with van der Waals surface area (Å²) in [6, 6.07) is 3.11. The van der Waals surface area contributed by atoms with E-state index in [1.54, 1.807) is 6.07 Å². The van der Waals surface area contributed by atoms with Crippen LogP contribution in [0.1, 0.15) is 24.8 Å². The van der Waals surface area contributed by atoms with Crippen LogP contribution in [-0.4, -0.2) is 27.9 Å². The molecular formula is C13H12N2O4. The van der Waals surface area contributed by atoms with Crippen molar-refractivity contribution in [2.75, 3.05) is 4.90 Å². The molecular weight excluding hydrogens is 248 g/mol. The molecule has 1 fully saturated rings. The van der Waals surface area contributed by atoms with Crippen molar-refractivity contribution in [3.63, 3.8) is 0 Å². The molecule has 0 radical (unpaired) electrons. The minimum Gasteiger partial charge on any atom is -0.478 e. The fourth-order valence-electron chi connectivity index (χ4n) is 1.84. The molecule has 1 aromatic rings. The fraction of sp³-hybridized carbons (Fsp3) is 0.231. The Morgan fingerprint density at radius 2 is 2.00 bits per heavy atom. The van der Waals surface area contributed by atoms with Crippen LogP contribution in [0.5, 0.6) is 0 Å². The van der Waals surface area contributed by atoms with Gasteiger partial charge in [0.15, 0.2) is 0 Å². The van der Waals surface area contributed by atoms with E-state index in [-0.39, 0.29) is 17.6 Å². The second-order valence-electron chi connectivity index (χ2n) is 4.10. The molecule has 98 valence electrons. The number of carboxylic acid groups (broad SMARTS) is 1. The number of nitrogens with zero attached hydrogens (tertiary/aromatic N) is 2. The Balaban J connectivity index is 2.29. The van der Waals surface area contributed by atoms with Gasteiger partial charge in [-0.25, -0.2) is 14.7 Å². The average Bonchev–Trinajstić information content (AvgIpc) is 2.37. The van der Waals surface area contributed by atoms with E-state index in [0.29, 0.717) is 24.8 Å². The number of carbonyl (C=O) groups excluding carboxylic acids is 2. The van der Waals surface area contributed by atoms with E-state index in [9.17, 15) is 14.4 Å². The molecule has 0 unspecified atom stereocenters. The van der Waals surface area contributed by atoms with Gasteiger partial charge in [-0.2, -0.15) is 0 Å². The van der Waals surface area contributed by atoms with E-state index >= 15 is 0 Å². The molecule has 1 aliphatic rings. The van der Waals surface area contributed by atoms with Gasteiger partial charge in [0.1, 0.15) is 5.82 Å². The van der Waals surface area contributed by atoms with Gasteiger partial charge in [0, 0.05) is 25.1 Å². The summed E-state index contributed by atoms with van der Waals surface area (Å²) in [4.78, 5) is 39.0. The largest absolute Gasteiger partial charge is 0.478 e. The Morgan fingerprint density at radius 3 is 2.63 bits per heavy atom. The van der Waals surface area contributed by atoms with Crippen LogP contribution >= 0.6 is 0 Å². The van der Waals surface area contributed by atoms with Crippen LogP contribution in [0.15, 0.2) is 24.4 Å². The molecule has 1 aromatic heterocycles. The molecule has 0 atom stereocenters. The van der Waals surface area contributed by atoms with Gasteiger partial charge in [-0.05, 0) is 30.2 Å². The molecule has 0 aromatic carbocycles. The predicted octanol–water partition coefficient (Wildman–Crippen LogP) is 1.22. The Hall–Kier alpha value is -2.50. The lowest BCUT2D eigenvalue weighted by molar-refractivity contribution is -0.131. The zero-order valence-corrected chi connectivity index (χ0v) is 10.1. The third-order valence-corrected chi connectivity index (χ3v) is 2.70. The van der Waals surface area contributed by atoms with Crippen molar-refractivity contribution in [1.29, 1.82) is 0 Å². The van der Waals surface area contributed by atoms with Crippen LogP contribution in [0, 0.1) is 0 Å². The van der Waals surface area contributed by atoms with Crippen LogP contribution in [0.2, 0.25) is 0 Å². The van der Waals surface area contributed by atoms with Gasteiger partial charge in [-0.1, -0.05) is 0 Å². The normalized spacial score (nSPS) is 16.1. The third kappa shape index (κ3) is 3.04. The lowest BCUT2D eigenvalue weighted by atomic mass is 10.1. The molecule has 2 amide bonds. The summed E-state index contributed by atoms with van der Waals surface area (Å²) in [6.45, 7) is 0. The van der Waals surface area contributed by atoms with Gasteiger partial charge in [0.25, 0.3) is 0 Å². The van der Waals surface area contributed by atoms with Crippen LogP contribution in [0.4, 0.5) is 5.82 Å². The first-order valence-corrected chi connectivity index (χ1v) is 5.81. The van der Waals surface area contributed by atoms with Crippen molar-refractivity contribution in [1.82, 2.24) is 4.98 Å². The summed E-state index contributed by atoms with van der Waals surface area (Å²) in [5, 5.41) is 8.56. The van der Waals surface area contributed by atoms with Crippen molar-refractivity contribution >= 4 is 29.7 Å². The van der Waals surface area contributed by atoms with Crippen molar-refractivity contribution in [2.24, 2.45) is 0 Å². The molecule has 19 heavy (non-hydrogen) atoms. The number of rotatable bonds is 3. The van der Waals surface area contributed by atoms with E-state index in [4.69, 9.17) is 5.11 Å². The van der Waals surface area contributed by atoms with E-state index in [2.05, 4.69) is 4.98 Å². The molecule has 0 bridgehead atoms. The molecule has 2 rings (SSSR count). The average molecular weight is 260 g/mol. The van der Waals surface area contributed by atoms with Gasteiger partial charge in [-0.3, -0.25) is 9.59 Å². The number of aromatic nitrogens is 1. The van der Waals surface area contributed by atoms with Crippen LogP contribution in [-0.2, 0) is 14.4 Å². The summed E-state index contributed by atoms with van der Waals surface area (Å²) in [7, 11) is 0. The molecule has 6 nitrogen and oxygen atoms in total. The predicted molar refractivity (Wildman–Crippen MR) is 67.3 cm³/mol. The van der Waals surface area contributed by atoms with Gasteiger partial charge >= 0.3 is 5.97 Å². The molecule has 2 heterocycles. The summed E-state index contributed by atoms with van der Waals surface area (Å²) in [6.07, 6.45) is 5.01. The number of imide groups is 1. The highest BCUT2D eigenvalue weighted by molar-refractivity contribution is 6.15. The van der Waals surface area contributed by atoms with E-state index in [0.717, 1.165) is 11.0 Å². The fourth-order valence-corrected chi connectivity index (χ4v) is 1.84. The van der Waals surface area contributed by atoms with E-state index in [1.807, 2.05) is 0 Å². The standard InChI is InChI=1S/C13H12N2O4/c16-11-2-1-3-12(17)15(11)10-8-9(6-7-14-10)4-5-13(18)19/h4-8H,1-3H2,(H,18,19)/b5-4+. The molecule has 6 heteroatoms. The Morgan fingerprint density at radius 1 is 1.32 bits per heavy atom. The number of carbonyl (C=O) groups is 3. The van der Waals surface area contributed by atoms with Crippen molar-refractivity contribution in [3.05, 3.63) is 30.0 Å². The van der Waals surface area contributed by atoms with Gasteiger partial charge in [0.05, 0.1) is 0 Å². The number of aliphatic carboxylic acids is 1. The maximum atomic E-state index is 11.7. The first kappa shape index (κ1) is 12.9. The second kappa shape index (κ2) is 5.43. The number of amides is 2. The van der Waals surface area contributed by atoms with Crippen LogP contribution in [0.3, 0.4) is 0 Å². The summed E-state index contributed by atoms with van der Waals surface area (Å²) in [5.41, 5.74) is 0.568. The number of pyridine rings is 1. The monoisotopic (exact) mass is 260 g/mol. The number of hydrogen-bond donors (Lipinski definition) is 1. The van der Waals surface area contributed by atoms with Crippen molar-refractivity contribution in [2.45, 2.75) is 19.3 Å². The van der Waals surface area contributed by atoms with E-state index in [1.165, 1.54) is 18.3 Å². The van der Waals surface area contributed by atoms with Crippen LogP contribution in [0.25, 0.3) is 6.08 Å². The van der Waals surface area contributed by atoms with E-state index < -0.39 is 5.97 Å². The molecule has 0 saturated carbocycles. The third-order valence-electron chi connectivity index (χ3n) is 2.70. The molecule has 1 aliphatic heterocycles. The zero-order valence-electron chi connectivity index (χ0n) is 10.1. The molecule has 1 saturated heterocycles. The number of carboxylic acids is 1. The highest BCUT2D eigenvalue weighted by atomic mass is 16.4. The number of hydrogen-bond acceptors (Lipinski definition) is 4. The minimum atomic E-state index is -1.07. The molecule has 0 aliphatic carbocycles. The Bertz CT molecular complexity index is 550. The van der Waals surface area contributed by atoms with Crippen LogP contribution < -0.4 is 4.90 Å². The number of anilines is 1. The number of piperidine rings is 1. The lowest BCUT2D eigenvalue weighted by Crippen LogP contribution is -2.40. The Kier molecular flexibility index (Phi) is 3.70. The van der Waals surface area contributed by atoms with Crippen molar-refractivity contribution in [3.8, 4) is 0 Å². The first-order chi connectivity index (χ1) is 9.08. The molecule has 1 N–H and O–H groups in total.